The minimum Gasteiger partial charge on any atom is -0.481 e. The van der Waals surface area contributed by atoms with Crippen molar-refractivity contribution in [3.05, 3.63) is 0 Å². The van der Waals surface area contributed by atoms with Crippen molar-refractivity contribution >= 4 is 12.0 Å². The average molecular weight is 262 g/mol. The molecule has 0 radical (unpaired) electrons. The lowest BCUT2D eigenvalue weighted by Gasteiger charge is -2.06. The van der Waals surface area contributed by atoms with Gasteiger partial charge in [-0.05, 0) is 12.8 Å². The molecule has 0 fully saturated rings. The standard InChI is InChI=1S/C11H22N2O5/c1-17-8-9-18-7-3-2-5-12-11(16)13-6-4-10(14)15/h2-9H2,1H3,(H,14,15)(H2,12,13,16). The number of hydrogen-bond donors (Lipinski definition) is 3. The summed E-state index contributed by atoms with van der Waals surface area (Å²) >= 11 is 0. The average Bonchev–Trinajstić information content (AvgIpc) is 2.32. The van der Waals surface area contributed by atoms with Crippen LogP contribution in [0.1, 0.15) is 19.3 Å². The van der Waals surface area contributed by atoms with Crippen LogP contribution in [0.4, 0.5) is 4.79 Å². The summed E-state index contributed by atoms with van der Waals surface area (Å²) in [5.74, 6) is -0.927. The minimum absolute atomic E-state index is 0.0687. The first kappa shape index (κ1) is 16.7. The van der Waals surface area contributed by atoms with Gasteiger partial charge < -0.3 is 25.2 Å². The number of hydrogen-bond acceptors (Lipinski definition) is 4. The van der Waals surface area contributed by atoms with E-state index in [0.29, 0.717) is 26.4 Å². The number of nitrogens with one attached hydrogen (secondary N) is 2. The Kier molecular flexibility index (Phi) is 11.2. The fraction of sp³-hybridized carbons (Fsp3) is 0.818. The molecule has 0 rings (SSSR count). The normalized spacial score (nSPS) is 10.1. The molecular weight excluding hydrogens is 240 g/mol. The lowest BCUT2D eigenvalue weighted by atomic mass is 10.3. The maximum Gasteiger partial charge on any atom is 0.314 e. The van der Waals surface area contributed by atoms with Crippen molar-refractivity contribution in [1.29, 1.82) is 0 Å². The van der Waals surface area contributed by atoms with E-state index in [2.05, 4.69) is 10.6 Å². The first-order chi connectivity index (χ1) is 8.66. The second-order valence-electron chi connectivity index (χ2n) is 3.64. The molecule has 0 aliphatic carbocycles. The number of ether oxygens (including phenoxy) is 2. The zero-order valence-electron chi connectivity index (χ0n) is 10.7. The van der Waals surface area contributed by atoms with Crippen molar-refractivity contribution in [2.45, 2.75) is 19.3 Å². The molecule has 0 aromatic heterocycles. The summed E-state index contributed by atoms with van der Waals surface area (Å²) in [6.45, 7) is 2.50. The van der Waals surface area contributed by atoms with Gasteiger partial charge in [0, 0.05) is 26.8 Å². The van der Waals surface area contributed by atoms with Crippen molar-refractivity contribution in [2.75, 3.05) is 40.0 Å². The number of carbonyl (C=O) groups excluding carboxylic acids is 1. The Morgan fingerprint density at radius 1 is 1.06 bits per heavy atom. The largest absolute Gasteiger partial charge is 0.481 e. The van der Waals surface area contributed by atoms with Gasteiger partial charge in [-0.3, -0.25) is 4.79 Å². The molecule has 0 heterocycles. The smallest absolute Gasteiger partial charge is 0.314 e. The van der Waals surface area contributed by atoms with Gasteiger partial charge in [0.2, 0.25) is 0 Å². The summed E-state index contributed by atoms with van der Waals surface area (Å²) in [5.41, 5.74) is 0. The summed E-state index contributed by atoms with van der Waals surface area (Å²) in [6.07, 6.45) is 1.61. The van der Waals surface area contributed by atoms with E-state index in [0.717, 1.165) is 12.8 Å². The molecule has 0 unspecified atom stereocenters. The number of unbranched alkanes of at least 4 members (excludes halogenated alkanes) is 1. The fourth-order valence-electron chi connectivity index (χ4n) is 1.12. The van der Waals surface area contributed by atoms with E-state index in [4.69, 9.17) is 14.6 Å². The van der Waals surface area contributed by atoms with E-state index in [1.54, 1.807) is 7.11 Å². The number of amides is 2. The third-order valence-corrected chi connectivity index (χ3v) is 2.06. The van der Waals surface area contributed by atoms with Crippen LogP contribution in [-0.4, -0.2) is 57.1 Å². The van der Waals surface area contributed by atoms with Crippen molar-refractivity contribution in [3.8, 4) is 0 Å². The van der Waals surface area contributed by atoms with Gasteiger partial charge >= 0.3 is 12.0 Å². The fourth-order valence-corrected chi connectivity index (χ4v) is 1.12. The zero-order chi connectivity index (χ0) is 13.6. The molecule has 0 aliphatic rings. The third kappa shape index (κ3) is 12.7. The summed E-state index contributed by atoms with van der Waals surface area (Å²) in [5, 5.41) is 13.5. The van der Waals surface area contributed by atoms with Gasteiger partial charge in [0.1, 0.15) is 0 Å². The van der Waals surface area contributed by atoms with E-state index in [1.807, 2.05) is 0 Å². The molecule has 7 nitrogen and oxygen atoms in total. The van der Waals surface area contributed by atoms with E-state index in [-0.39, 0.29) is 19.0 Å². The number of urea groups is 1. The second kappa shape index (κ2) is 12.1. The Labute approximate surface area is 107 Å². The molecule has 0 aliphatic heterocycles. The van der Waals surface area contributed by atoms with Crippen LogP contribution in [0.3, 0.4) is 0 Å². The summed E-state index contributed by atoms with van der Waals surface area (Å²) in [7, 11) is 1.62. The summed E-state index contributed by atoms with van der Waals surface area (Å²) in [4.78, 5) is 21.3. The SMILES string of the molecule is COCCOCCCCNC(=O)NCCC(=O)O. The lowest BCUT2D eigenvalue weighted by Crippen LogP contribution is -2.37. The van der Waals surface area contributed by atoms with Gasteiger partial charge in [-0.15, -0.1) is 0 Å². The Balaban J connectivity index is 3.17. The molecule has 3 N–H and O–H groups in total. The van der Waals surface area contributed by atoms with Crippen LogP contribution < -0.4 is 10.6 Å². The highest BCUT2D eigenvalue weighted by Gasteiger charge is 2.00. The van der Waals surface area contributed by atoms with E-state index < -0.39 is 5.97 Å². The molecule has 18 heavy (non-hydrogen) atoms. The molecular formula is C11H22N2O5. The molecule has 7 heteroatoms. The van der Waals surface area contributed by atoms with Crippen LogP contribution in [0.2, 0.25) is 0 Å². The Morgan fingerprint density at radius 2 is 1.78 bits per heavy atom. The first-order valence-corrected chi connectivity index (χ1v) is 5.97. The monoisotopic (exact) mass is 262 g/mol. The van der Waals surface area contributed by atoms with Gasteiger partial charge in [0.15, 0.2) is 0 Å². The molecule has 106 valence electrons. The first-order valence-electron chi connectivity index (χ1n) is 5.97. The van der Waals surface area contributed by atoms with Crippen molar-refractivity contribution in [2.24, 2.45) is 0 Å². The molecule has 0 saturated carbocycles. The lowest BCUT2D eigenvalue weighted by molar-refractivity contribution is -0.136. The highest BCUT2D eigenvalue weighted by molar-refractivity contribution is 5.74. The predicted molar refractivity (Wildman–Crippen MR) is 65.6 cm³/mol. The van der Waals surface area contributed by atoms with E-state index >= 15 is 0 Å². The molecule has 0 aromatic carbocycles. The third-order valence-electron chi connectivity index (χ3n) is 2.06. The van der Waals surface area contributed by atoms with E-state index in [9.17, 15) is 9.59 Å². The van der Waals surface area contributed by atoms with E-state index in [1.165, 1.54) is 0 Å². The van der Waals surface area contributed by atoms with Gasteiger partial charge in [-0.2, -0.15) is 0 Å². The van der Waals surface area contributed by atoms with Crippen molar-refractivity contribution in [1.82, 2.24) is 10.6 Å². The number of carboxylic acid groups (broad SMARTS) is 1. The number of rotatable bonds is 11. The quantitative estimate of drug-likeness (QED) is 0.462. The highest BCUT2D eigenvalue weighted by Crippen LogP contribution is 1.88. The number of aliphatic carboxylic acids is 1. The van der Waals surface area contributed by atoms with Gasteiger partial charge in [0.05, 0.1) is 19.6 Å². The molecule has 0 spiro atoms. The number of carboxylic acids is 1. The van der Waals surface area contributed by atoms with Crippen LogP contribution in [0.15, 0.2) is 0 Å². The van der Waals surface area contributed by atoms with Crippen LogP contribution in [0.5, 0.6) is 0 Å². The Bertz CT molecular complexity index is 235. The second-order valence-corrected chi connectivity index (χ2v) is 3.64. The molecule has 0 bridgehead atoms. The summed E-state index contributed by atoms with van der Waals surface area (Å²) < 4.78 is 10.1. The van der Waals surface area contributed by atoms with Crippen molar-refractivity contribution in [3.63, 3.8) is 0 Å². The molecule has 0 aromatic rings. The number of methoxy groups -OCH3 is 1. The molecule has 0 saturated heterocycles. The van der Waals surface area contributed by atoms with Gasteiger partial charge in [0.25, 0.3) is 0 Å². The zero-order valence-corrected chi connectivity index (χ0v) is 10.7. The van der Waals surface area contributed by atoms with Crippen LogP contribution in [-0.2, 0) is 14.3 Å². The number of carbonyl (C=O) groups is 2. The van der Waals surface area contributed by atoms with Crippen molar-refractivity contribution < 1.29 is 24.2 Å². The predicted octanol–water partition coefficient (Wildman–Crippen LogP) is 0.204. The van der Waals surface area contributed by atoms with Crippen LogP contribution in [0.25, 0.3) is 0 Å². The maximum atomic E-state index is 11.1. The maximum absolute atomic E-state index is 11.1. The van der Waals surface area contributed by atoms with Crippen LogP contribution in [0, 0.1) is 0 Å². The van der Waals surface area contributed by atoms with Gasteiger partial charge in [-0.25, -0.2) is 4.79 Å². The highest BCUT2D eigenvalue weighted by atomic mass is 16.5. The molecule has 2 amide bonds. The van der Waals surface area contributed by atoms with Crippen LogP contribution >= 0.6 is 0 Å². The minimum atomic E-state index is -0.927. The Hall–Kier alpha value is -1.34. The molecule has 0 atom stereocenters. The summed E-state index contributed by atoms with van der Waals surface area (Å²) in [6, 6.07) is -0.337. The topological polar surface area (TPSA) is 96.9 Å². The van der Waals surface area contributed by atoms with Gasteiger partial charge in [-0.1, -0.05) is 0 Å². The Morgan fingerprint density at radius 3 is 2.44 bits per heavy atom.